The molecule has 2 heterocycles. The molecular weight excluding hydrogens is 228 g/mol. The SMILES string of the molecule is CCn1cc(-c2c(C#N)ncn2C)cc1C(C)=O. The lowest BCUT2D eigenvalue weighted by Gasteiger charge is -2.01. The molecule has 2 rings (SSSR count). The molecule has 0 aliphatic heterocycles. The highest BCUT2D eigenvalue weighted by atomic mass is 16.1. The Hall–Kier alpha value is -2.35. The molecule has 0 atom stereocenters. The maximum absolute atomic E-state index is 11.5. The van der Waals surface area contributed by atoms with E-state index in [-0.39, 0.29) is 5.78 Å². The molecule has 0 fully saturated rings. The quantitative estimate of drug-likeness (QED) is 0.773. The number of carbonyl (C=O) groups excluding carboxylic acids is 1. The number of hydrogen-bond acceptors (Lipinski definition) is 3. The van der Waals surface area contributed by atoms with Crippen molar-refractivity contribution >= 4 is 5.78 Å². The van der Waals surface area contributed by atoms with E-state index in [1.807, 2.05) is 30.8 Å². The summed E-state index contributed by atoms with van der Waals surface area (Å²) < 4.78 is 3.67. The van der Waals surface area contributed by atoms with E-state index in [0.717, 1.165) is 11.3 Å². The molecule has 0 saturated heterocycles. The molecule has 0 aliphatic rings. The number of aromatic nitrogens is 3. The number of imidazole rings is 1. The number of ketones is 1. The second kappa shape index (κ2) is 4.49. The maximum atomic E-state index is 11.5. The average Bonchev–Trinajstić information content (AvgIpc) is 2.91. The molecule has 92 valence electrons. The molecule has 0 saturated carbocycles. The maximum Gasteiger partial charge on any atom is 0.176 e. The van der Waals surface area contributed by atoms with Crippen LogP contribution in [0.1, 0.15) is 30.0 Å². The van der Waals surface area contributed by atoms with Gasteiger partial charge in [0.05, 0.1) is 17.7 Å². The minimum Gasteiger partial charge on any atom is -0.345 e. The highest BCUT2D eigenvalue weighted by molar-refractivity contribution is 5.94. The summed E-state index contributed by atoms with van der Waals surface area (Å²) in [4.78, 5) is 15.6. The Morgan fingerprint density at radius 3 is 2.78 bits per heavy atom. The molecule has 5 nitrogen and oxygen atoms in total. The Morgan fingerprint density at radius 1 is 1.56 bits per heavy atom. The summed E-state index contributed by atoms with van der Waals surface area (Å²) in [6, 6.07) is 3.87. The van der Waals surface area contributed by atoms with Crippen LogP contribution in [0.15, 0.2) is 18.6 Å². The van der Waals surface area contributed by atoms with E-state index >= 15 is 0 Å². The lowest BCUT2D eigenvalue weighted by molar-refractivity contribution is 0.100. The van der Waals surface area contributed by atoms with Crippen molar-refractivity contribution in [2.45, 2.75) is 20.4 Å². The number of rotatable bonds is 3. The Kier molecular flexibility index (Phi) is 3.02. The summed E-state index contributed by atoms with van der Waals surface area (Å²) in [5.74, 6) is 0.0174. The smallest absolute Gasteiger partial charge is 0.176 e. The molecule has 0 N–H and O–H groups in total. The fourth-order valence-electron chi connectivity index (χ4n) is 2.05. The topological polar surface area (TPSA) is 63.6 Å². The normalized spacial score (nSPS) is 10.3. The van der Waals surface area contributed by atoms with Gasteiger partial charge in [0.2, 0.25) is 0 Å². The summed E-state index contributed by atoms with van der Waals surface area (Å²) >= 11 is 0. The van der Waals surface area contributed by atoms with E-state index in [2.05, 4.69) is 11.1 Å². The standard InChI is InChI=1S/C13H14N4O/c1-4-17-7-10(5-12(17)9(2)18)13-11(6-14)15-8-16(13)3/h5,7-8H,4H2,1-3H3. The summed E-state index contributed by atoms with van der Waals surface area (Å²) in [5, 5.41) is 9.04. The van der Waals surface area contributed by atoms with Gasteiger partial charge in [-0.25, -0.2) is 4.98 Å². The zero-order valence-electron chi connectivity index (χ0n) is 10.6. The number of carbonyl (C=O) groups is 1. The Morgan fingerprint density at radius 2 is 2.28 bits per heavy atom. The van der Waals surface area contributed by atoms with E-state index in [1.54, 1.807) is 17.8 Å². The first-order valence-corrected chi connectivity index (χ1v) is 5.71. The van der Waals surface area contributed by atoms with Crippen LogP contribution in [0.25, 0.3) is 11.3 Å². The van der Waals surface area contributed by atoms with Gasteiger partial charge in [-0.1, -0.05) is 0 Å². The molecule has 0 bridgehead atoms. The Labute approximate surface area is 105 Å². The van der Waals surface area contributed by atoms with Crippen LogP contribution in [0.3, 0.4) is 0 Å². The minimum atomic E-state index is 0.0174. The molecule has 0 unspecified atom stereocenters. The molecule has 5 heteroatoms. The van der Waals surface area contributed by atoms with Gasteiger partial charge in [-0.15, -0.1) is 0 Å². The lowest BCUT2D eigenvalue weighted by Crippen LogP contribution is -2.02. The van der Waals surface area contributed by atoms with Gasteiger partial charge in [-0.2, -0.15) is 5.26 Å². The summed E-state index contributed by atoms with van der Waals surface area (Å²) in [7, 11) is 1.83. The van der Waals surface area contributed by atoms with Crippen LogP contribution in [0.5, 0.6) is 0 Å². The zero-order chi connectivity index (χ0) is 13.3. The molecule has 0 aromatic carbocycles. The zero-order valence-corrected chi connectivity index (χ0v) is 10.6. The third-order valence-corrected chi connectivity index (χ3v) is 2.91. The van der Waals surface area contributed by atoms with Crippen LogP contribution in [-0.2, 0) is 13.6 Å². The van der Waals surface area contributed by atoms with Crippen LogP contribution < -0.4 is 0 Å². The summed E-state index contributed by atoms with van der Waals surface area (Å²) in [6.45, 7) is 4.24. The molecule has 0 amide bonds. The van der Waals surface area contributed by atoms with Crippen molar-refractivity contribution in [2.75, 3.05) is 0 Å². The van der Waals surface area contributed by atoms with Gasteiger partial charge in [-0.3, -0.25) is 4.79 Å². The van der Waals surface area contributed by atoms with E-state index < -0.39 is 0 Å². The lowest BCUT2D eigenvalue weighted by atomic mass is 10.2. The van der Waals surface area contributed by atoms with E-state index in [0.29, 0.717) is 17.9 Å². The Bertz CT molecular complexity index is 642. The molecule has 2 aromatic rings. The molecule has 0 radical (unpaired) electrons. The molecule has 2 aromatic heterocycles. The predicted octanol–water partition coefficient (Wildman–Crippen LogP) is 1.98. The Balaban J connectivity index is 2.62. The monoisotopic (exact) mass is 242 g/mol. The van der Waals surface area contributed by atoms with Crippen molar-refractivity contribution in [1.82, 2.24) is 14.1 Å². The van der Waals surface area contributed by atoms with Crippen molar-refractivity contribution in [3.05, 3.63) is 30.0 Å². The first kappa shape index (κ1) is 12.1. The van der Waals surface area contributed by atoms with Crippen LogP contribution in [0.4, 0.5) is 0 Å². The van der Waals surface area contributed by atoms with Gasteiger partial charge < -0.3 is 9.13 Å². The van der Waals surface area contributed by atoms with Crippen LogP contribution >= 0.6 is 0 Å². The highest BCUT2D eigenvalue weighted by Gasteiger charge is 2.16. The van der Waals surface area contributed by atoms with Crippen LogP contribution in [-0.4, -0.2) is 19.9 Å². The van der Waals surface area contributed by atoms with Crippen molar-refractivity contribution < 1.29 is 4.79 Å². The van der Waals surface area contributed by atoms with E-state index in [1.165, 1.54) is 0 Å². The van der Waals surface area contributed by atoms with Crippen molar-refractivity contribution in [3.8, 4) is 17.3 Å². The van der Waals surface area contributed by atoms with Gasteiger partial charge in [-0.05, 0) is 13.0 Å². The van der Waals surface area contributed by atoms with E-state index in [4.69, 9.17) is 5.26 Å². The van der Waals surface area contributed by atoms with Gasteiger partial charge in [0.25, 0.3) is 0 Å². The third-order valence-electron chi connectivity index (χ3n) is 2.91. The van der Waals surface area contributed by atoms with Gasteiger partial charge in [0.1, 0.15) is 6.07 Å². The third kappa shape index (κ3) is 1.82. The van der Waals surface area contributed by atoms with Crippen molar-refractivity contribution in [1.29, 1.82) is 5.26 Å². The number of aryl methyl sites for hydroxylation is 2. The predicted molar refractivity (Wildman–Crippen MR) is 67.0 cm³/mol. The summed E-state index contributed by atoms with van der Waals surface area (Å²) in [5.41, 5.74) is 2.62. The molecule has 0 spiro atoms. The second-order valence-electron chi connectivity index (χ2n) is 4.12. The van der Waals surface area contributed by atoms with Gasteiger partial charge in [0, 0.05) is 32.3 Å². The fraction of sp³-hybridized carbons (Fsp3) is 0.308. The van der Waals surface area contributed by atoms with Crippen molar-refractivity contribution in [2.24, 2.45) is 7.05 Å². The first-order valence-electron chi connectivity index (χ1n) is 5.71. The molecule has 0 aliphatic carbocycles. The largest absolute Gasteiger partial charge is 0.345 e. The number of nitrogens with zero attached hydrogens (tertiary/aromatic N) is 4. The van der Waals surface area contributed by atoms with Crippen LogP contribution in [0.2, 0.25) is 0 Å². The molecular formula is C13H14N4O. The number of Topliss-reactive ketones (excluding diaryl/α,β-unsaturated/α-hetero) is 1. The van der Waals surface area contributed by atoms with Gasteiger partial charge >= 0.3 is 0 Å². The molecule has 18 heavy (non-hydrogen) atoms. The summed E-state index contributed by atoms with van der Waals surface area (Å²) in [6.07, 6.45) is 3.49. The second-order valence-corrected chi connectivity index (χ2v) is 4.12. The van der Waals surface area contributed by atoms with Gasteiger partial charge in [0.15, 0.2) is 11.5 Å². The van der Waals surface area contributed by atoms with E-state index in [9.17, 15) is 4.79 Å². The highest BCUT2D eigenvalue weighted by Crippen LogP contribution is 2.25. The first-order chi connectivity index (χ1) is 8.58. The fourth-order valence-corrected chi connectivity index (χ4v) is 2.05. The average molecular weight is 242 g/mol. The number of nitriles is 1. The van der Waals surface area contributed by atoms with Crippen molar-refractivity contribution in [3.63, 3.8) is 0 Å². The minimum absolute atomic E-state index is 0.0174. The number of hydrogen-bond donors (Lipinski definition) is 0. The van der Waals surface area contributed by atoms with Crippen LogP contribution in [0, 0.1) is 11.3 Å².